The van der Waals surface area contributed by atoms with Crippen LogP contribution in [0, 0.1) is 18.8 Å². The molecule has 1 heterocycles. The standard InChI is InChI=1S/C25H30ClN5O5/c1-14(2)21(32)28-20-10-9-18(11-19(20)26)27-23-29-24(35)31(12-16(4)22(33)34)25(36)30(23)13-17-7-5-15(3)6-8-17/h5-11,14,16,23,27H,12-13H2,1-4H3,(H,28,32)(H,29,35)(H,33,34)/t16-,23?/m0/s1. The van der Waals surface area contributed by atoms with Crippen molar-refractivity contribution in [3.8, 4) is 0 Å². The van der Waals surface area contributed by atoms with Crippen molar-refractivity contribution in [1.29, 1.82) is 0 Å². The van der Waals surface area contributed by atoms with E-state index in [2.05, 4.69) is 16.0 Å². The van der Waals surface area contributed by atoms with Gasteiger partial charge in [-0.05, 0) is 30.7 Å². The van der Waals surface area contributed by atoms with Crippen molar-refractivity contribution in [2.75, 3.05) is 17.2 Å². The molecule has 0 radical (unpaired) electrons. The van der Waals surface area contributed by atoms with Crippen molar-refractivity contribution in [3.05, 3.63) is 58.6 Å². The molecule has 10 nitrogen and oxygen atoms in total. The van der Waals surface area contributed by atoms with Gasteiger partial charge in [-0.2, -0.15) is 0 Å². The third-order valence-corrected chi connectivity index (χ3v) is 6.01. The van der Waals surface area contributed by atoms with Crippen LogP contribution in [0.1, 0.15) is 31.9 Å². The van der Waals surface area contributed by atoms with E-state index in [1.54, 1.807) is 32.0 Å². The molecular formula is C25H30ClN5O5. The minimum atomic E-state index is -1.11. The van der Waals surface area contributed by atoms with Gasteiger partial charge >= 0.3 is 18.0 Å². The number of nitrogens with one attached hydrogen (secondary N) is 3. The highest BCUT2D eigenvalue weighted by molar-refractivity contribution is 6.34. The molecule has 0 aromatic heterocycles. The van der Waals surface area contributed by atoms with Gasteiger partial charge in [0.25, 0.3) is 0 Å². The van der Waals surface area contributed by atoms with Gasteiger partial charge in [0, 0.05) is 18.2 Å². The van der Waals surface area contributed by atoms with Gasteiger partial charge in [-0.25, -0.2) is 14.5 Å². The first-order chi connectivity index (χ1) is 17.0. The zero-order chi connectivity index (χ0) is 26.6. The molecule has 4 N–H and O–H groups in total. The SMILES string of the molecule is Cc1ccc(CN2C(=O)N(C[C@H](C)C(=O)O)C(=O)NC2Nc2ccc(NC(=O)C(C)C)c(Cl)c2)cc1. The number of halogens is 1. The summed E-state index contributed by atoms with van der Waals surface area (Å²) in [5.74, 6) is -2.44. The summed E-state index contributed by atoms with van der Waals surface area (Å²) >= 11 is 6.36. The molecule has 36 heavy (non-hydrogen) atoms. The molecule has 2 aromatic carbocycles. The molecule has 1 fully saturated rings. The summed E-state index contributed by atoms with van der Waals surface area (Å²) in [4.78, 5) is 51.8. The lowest BCUT2D eigenvalue weighted by atomic mass is 10.1. The molecule has 1 aliphatic heterocycles. The first kappa shape index (κ1) is 26.8. The predicted molar refractivity (Wildman–Crippen MR) is 136 cm³/mol. The van der Waals surface area contributed by atoms with E-state index in [1.807, 2.05) is 31.2 Å². The van der Waals surface area contributed by atoms with E-state index in [0.29, 0.717) is 11.4 Å². The van der Waals surface area contributed by atoms with Crippen molar-refractivity contribution < 1.29 is 24.3 Å². The van der Waals surface area contributed by atoms with E-state index < -0.39 is 30.2 Å². The van der Waals surface area contributed by atoms with E-state index >= 15 is 0 Å². The fraction of sp³-hybridized carbons (Fsp3) is 0.360. The minimum Gasteiger partial charge on any atom is -0.481 e. The molecule has 0 spiro atoms. The van der Waals surface area contributed by atoms with Crippen molar-refractivity contribution in [2.45, 2.75) is 40.5 Å². The van der Waals surface area contributed by atoms with Gasteiger partial charge in [-0.3, -0.25) is 19.8 Å². The van der Waals surface area contributed by atoms with Crippen LogP contribution in [0.2, 0.25) is 5.02 Å². The first-order valence-corrected chi connectivity index (χ1v) is 11.9. The Balaban J connectivity index is 1.85. The van der Waals surface area contributed by atoms with Crippen LogP contribution in [0.15, 0.2) is 42.5 Å². The average Bonchev–Trinajstić information content (AvgIpc) is 2.81. The van der Waals surface area contributed by atoms with Gasteiger partial charge in [-0.1, -0.05) is 62.2 Å². The average molecular weight is 516 g/mol. The van der Waals surface area contributed by atoms with Gasteiger partial charge in [0.1, 0.15) is 0 Å². The molecule has 11 heteroatoms. The molecule has 1 saturated heterocycles. The van der Waals surface area contributed by atoms with Crippen LogP contribution in [0.4, 0.5) is 21.0 Å². The lowest BCUT2D eigenvalue weighted by Crippen LogP contribution is -2.67. The van der Waals surface area contributed by atoms with E-state index in [0.717, 1.165) is 16.0 Å². The first-order valence-electron chi connectivity index (χ1n) is 11.5. The summed E-state index contributed by atoms with van der Waals surface area (Å²) in [6, 6.07) is 11.1. The van der Waals surface area contributed by atoms with Crippen LogP contribution in [-0.4, -0.2) is 51.7 Å². The molecule has 0 bridgehead atoms. The monoisotopic (exact) mass is 515 g/mol. The summed E-state index contributed by atoms with van der Waals surface area (Å²) in [6.45, 7) is 6.81. The molecule has 5 amide bonds. The predicted octanol–water partition coefficient (Wildman–Crippen LogP) is 4.31. The number of imide groups is 1. The van der Waals surface area contributed by atoms with Crippen molar-refractivity contribution in [2.24, 2.45) is 11.8 Å². The number of carbonyl (C=O) groups is 4. The maximum absolute atomic E-state index is 13.4. The number of aryl methyl sites for hydroxylation is 1. The maximum Gasteiger partial charge on any atom is 0.331 e. The summed E-state index contributed by atoms with van der Waals surface area (Å²) in [7, 11) is 0. The molecular weight excluding hydrogens is 486 g/mol. The lowest BCUT2D eigenvalue weighted by molar-refractivity contribution is -0.141. The minimum absolute atomic E-state index is 0.158. The number of anilines is 2. The fourth-order valence-corrected chi connectivity index (χ4v) is 3.67. The van der Waals surface area contributed by atoms with E-state index in [4.69, 9.17) is 11.6 Å². The number of aliphatic carboxylic acids is 1. The highest BCUT2D eigenvalue weighted by Gasteiger charge is 2.39. The maximum atomic E-state index is 13.4. The zero-order valence-corrected chi connectivity index (χ0v) is 21.3. The highest BCUT2D eigenvalue weighted by Crippen LogP contribution is 2.27. The number of urea groups is 2. The molecule has 1 unspecified atom stereocenters. The van der Waals surface area contributed by atoms with Crippen LogP contribution < -0.4 is 16.0 Å². The van der Waals surface area contributed by atoms with Crippen LogP contribution >= 0.6 is 11.6 Å². The molecule has 3 rings (SSSR count). The number of carboxylic acids is 1. The number of rotatable bonds is 9. The van der Waals surface area contributed by atoms with Crippen molar-refractivity contribution in [1.82, 2.24) is 15.1 Å². The smallest absolute Gasteiger partial charge is 0.331 e. The number of amides is 5. The second-order valence-electron chi connectivity index (χ2n) is 9.08. The topological polar surface area (TPSA) is 131 Å². The highest BCUT2D eigenvalue weighted by atomic mass is 35.5. The van der Waals surface area contributed by atoms with E-state index in [9.17, 15) is 24.3 Å². The molecule has 0 aliphatic carbocycles. The second-order valence-corrected chi connectivity index (χ2v) is 9.49. The van der Waals surface area contributed by atoms with Gasteiger partial charge in [0.05, 0.1) is 23.2 Å². The molecule has 0 saturated carbocycles. The van der Waals surface area contributed by atoms with Crippen molar-refractivity contribution >= 4 is 46.9 Å². The summed E-state index contributed by atoms with van der Waals surface area (Å²) in [6.07, 6.45) is -0.935. The Morgan fingerprint density at radius 2 is 1.78 bits per heavy atom. The van der Waals surface area contributed by atoms with Crippen LogP contribution in [0.3, 0.4) is 0 Å². The Bertz CT molecular complexity index is 1150. The van der Waals surface area contributed by atoms with Crippen LogP contribution in [0.25, 0.3) is 0 Å². The Labute approximate surface area is 214 Å². The number of hydrogen-bond acceptors (Lipinski definition) is 5. The van der Waals surface area contributed by atoms with Crippen LogP contribution in [0.5, 0.6) is 0 Å². The largest absolute Gasteiger partial charge is 0.481 e. The third kappa shape index (κ3) is 6.45. The Kier molecular flexibility index (Phi) is 8.41. The Morgan fingerprint density at radius 1 is 1.11 bits per heavy atom. The lowest BCUT2D eigenvalue weighted by Gasteiger charge is -2.41. The Hall–Kier alpha value is -3.79. The number of nitrogens with zero attached hydrogens (tertiary/aromatic N) is 2. The molecule has 1 aliphatic rings. The van der Waals surface area contributed by atoms with Gasteiger partial charge < -0.3 is 15.7 Å². The van der Waals surface area contributed by atoms with Crippen LogP contribution in [-0.2, 0) is 16.1 Å². The summed E-state index contributed by atoms with van der Waals surface area (Å²) < 4.78 is 0. The van der Waals surface area contributed by atoms with E-state index in [1.165, 1.54) is 11.8 Å². The zero-order valence-electron chi connectivity index (χ0n) is 20.5. The normalized spacial score (nSPS) is 16.6. The van der Waals surface area contributed by atoms with Crippen molar-refractivity contribution in [3.63, 3.8) is 0 Å². The summed E-state index contributed by atoms with van der Waals surface area (Å²) in [5, 5.41) is 18.1. The fourth-order valence-electron chi connectivity index (χ4n) is 3.44. The number of benzene rings is 2. The third-order valence-electron chi connectivity index (χ3n) is 5.70. The van der Waals surface area contributed by atoms with Gasteiger partial charge in [0.15, 0.2) is 6.29 Å². The number of carbonyl (C=O) groups excluding carboxylic acids is 3. The number of carboxylic acid groups (broad SMARTS) is 1. The van der Waals surface area contributed by atoms with E-state index in [-0.39, 0.29) is 29.9 Å². The molecule has 2 aromatic rings. The van der Waals surface area contributed by atoms with Gasteiger partial charge in [0.2, 0.25) is 5.91 Å². The number of hydrogen-bond donors (Lipinski definition) is 4. The Morgan fingerprint density at radius 3 is 2.36 bits per heavy atom. The quantitative estimate of drug-likeness (QED) is 0.393. The summed E-state index contributed by atoms with van der Waals surface area (Å²) in [5.41, 5.74) is 2.83. The van der Waals surface area contributed by atoms with Gasteiger partial charge in [-0.15, -0.1) is 0 Å². The molecule has 192 valence electrons. The molecule has 2 atom stereocenters. The second kappa shape index (κ2) is 11.3.